The highest BCUT2D eigenvalue weighted by Crippen LogP contribution is 2.24. The molecule has 1 aromatic rings. The molecule has 1 aromatic carbocycles. The number of ether oxygens (including phenoxy) is 1. The normalized spacial score (nSPS) is 23.6. The minimum absolute atomic E-state index is 0.104. The smallest absolute Gasteiger partial charge is 0.253 e. The highest BCUT2D eigenvalue weighted by molar-refractivity contribution is 5.97. The van der Waals surface area contributed by atoms with E-state index in [0.717, 1.165) is 12.0 Å². The topological polar surface area (TPSA) is 64.3 Å². The van der Waals surface area contributed by atoms with Crippen molar-refractivity contribution < 1.29 is 9.53 Å². The molecule has 4 nitrogen and oxygen atoms in total. The molecule has 0 bridgehead atoms. The molecule has 3 N–H and O–H groups in total. The third kappa shape index (κ3) is 2.58. The zero-order valence-electron chi connectivity index (χ0n) is 10.2. The summed E-state index contributed by atoms with van der Waals surface area (Å²) in [6.45, 7) is 4.64. The van der Waals surface area contributed by atoms with Crippen molar-refractivity contribution in [3.05, 3.63) is 23.8 Å². The van der Waals surface area contributed by atoms with E-state index in [1.807, 2.05) is 26.0 Å². The van der Waals surface area contributed by atoms with E-state index in [0.29, 0.717) is 18.0 Å². The zero-order valence-corrected chi connectivity index (χ0v) is 10.2. The summed E-state index contributed by atoms with van der Waals surface area (Å²) in [7, 11) is 0. The summed E-state index contributed by atoms with van der Waals surface area (Å²) in [5.41, 5.74) is 8.12. The van der Waals surface area contributed by atoms with Gasteiger partial charge in [-0.05, 0) is 37.0 Å². The molecule has 1 aliphatic rings. The fourth-order valence-corrected chi connectivity index (χ4v) is 2.01. The van der Waals surface area contributed by atoms with Crippen LogP contribution in [0.1, 0.15) is 18.9 Å². The molecular weight excluding hydrogens is 216 g/mol. The number of anilines is 2. The molecule has 4 heteroatoms. The van der Waals surface area contributed by atoms with Crippen molar-refractivity contribution in [2.45, 2.75) is 26.4 Å². The van der Waals surface area contributed by atoms with Gasteiger partial charge in [0.05, 0.1) is 11.4 Å². The number of aryl methyl sites for hydroxylation is 1. The third-order valence-electron chi connectivity index (χ3n) is 3.11. The van der Waals surface area contributed by atoms with Crippen molar-refractivity contribution in [1.29, 1.82) is 0 Å². The highest BCUT2D eigenvalue weighted by atomic mass is 16.5. The molecule has 92 valence electrons. The van der Waals surface area contributed by atoms with Crippen molar-refractivity contribution in [2.24, 2.45) is 5.92 Å². The predicted molar refractivity (Wildman–Crippen MR) is 67.7 cm³/mol. The molecule has 2 unspecified atom stereocenters. The molecule has 17 heavy (non-hydrogen) atoms. The fraction of sp³-hybridized carbons (Fsp3) is 0.462. The molecule has 0 saturated carbocycles. The van der Waals surface area contributed by atoms with Gasteiger partial charge in [-0.1, -0.05) is 13.0 Å². The molecule has 0 spiro atoms. The van der Waals surface area contributed by atoms with Crippen molar-refractivity contribution in [3.63, 3.8) is 0 Å². The Morgan fingerprint density at radius 2 is 2.29 bits per heavy atom. The predicted octanol–water partition coefficient (Wildman–Crippen LogP) is 1.94. The number of carbonyl (C=O) groups is 1. The van der Waals surface area contributed by atoms with E-state index in [4.69, 9.17) is 10.5 Å². The summed E-state index contributed by atoms with van der Waals surface area (Å²) in [5, 5.41) is 2.83. The first kappa shape index (κ1) is 11.9. The van der Waals surface area contributed by atoms with E-state index in [2.05, 4.69) is 5.32 Å². The van der Waals surface area contributed by atoms with Crippen molar-refractivity contribution in [1.82, 2.24) is 0 Å². The minimum atomic E-state index is -0.352. The van der Waals surface area contributed by atoms with E-state index in [9.17, 15) is 4.79 Å². The lowest BCUT2D eigenvalue weighted by Gasteiger charge is -2.15. The van der Waals surface area contributed by atoms with Gasteiger partial charge in [0, 0.05) is 6.61 Å². The highest BCUT2D eigenvalue weighted by Gasteiger charge is 2.31. The molecule has 1 saturated heterocycles. The molecule has 1 amide bonds. The Labute approximate surface area is 101 Å². The van der Waals surface area contributed by atoms with Gasteiger partial charge in [0.2, 0.25) is 0 Å². The van der Waals surface area contributed by atoms with Crippen LogP contribution in [-0.2, 0) is 9.53 Å². The summed E-state index contributed by atoms with van der Waals surface area (Å²) in [5.74, 6) is 0.160. The Morgan fingerprint density at radius 3 is 2.94 bits per heavy atom. The number of nitrogens with two attached hydrogens (primary N) is 1. The molecule has 1 aliphatic heterocycles. The lowest BCUT2D eigenvalue weighted by molar-refractivity contribution is -0.126. The summed E-state index contributed by atoms with van der Waals surface area (Å²) >= 11 is 0. The first-order valence-electron chi connectivity index (χ1n) is 5.86. The van der Waals surface area contributed by atoms with Crippen molar-refractivity contribution in [2.75, 3.05) is 17.7 Å². The monoisotopic (exact) mass is 234 g/mol. The second-order valence-electron chi connectivity index (χ2n) is 4.64. The van der Waals surface area contributed by atoms with E-state index >= 15 is 0 Å². The lowest BCUT2D eigenvalue weighted by atomic mass is 10.0. The van der Waals surface area contributed by atoms with Crippen LogP contribution in [0.2, 0.25) is 0 Å². The maximum atomic E-state index is 12.0. The first-order chi connectivity index (χ1) is 8.08. The standard InChI is InChI=1S/C13H18N2O2/c1-8-3-4-10(14)11(7-8)15-13(16)12-9(2)5-6-17-12/h3-4,7,9,12H,5-6,14H2,1-2H3,(H,15,16). The van der Waals surface area contributed by atoms with Crippen LogP contribution in [0.5, 0.6) is 0 Å². The summed E-state index contributed by atoms with van der Waals surface area (Å²) < 4.78 is 5.42. The van der Waals surface area contributed by atoms with Crippen LogP contribution in [-0.4, -0.2) is 18.6 Å². The van der Waals surface area contributed by atoms with E-state index in [1.165, 1.54) is 0 Å². The first-order valence-corrected chi connectivity index (χ1v) is 5.86. The number of nitrogen functional groups attached to an aromatic ring is 1. The van der Waals surface area contributed by atoms with Gasteiger partial charge < -0.3 is 15.8 Å². The molecule has 1 heterocycles. The summed E-state index contributed by atoms with van der Waals surface area (Å²) in [6.07, 6.45) is 0.580. The second kappa shape index (κ2) is 4.75. The maximum Gasteiger partial charge on any atom is 0.253 e. The van der Waals surface area contributed by atoms with Crippen molar-refractivity contribution in [3.8, 4) is 0 Å². The van der Waals surface area contributed by atoms with Gasteiger partial charge in [0.15, 0.2) is 0 Å². The van der Waals surface area contributed by atoms with Crippen LogP contribution in [0, 0.1) is 12.8 Å². The molecular formula is C13H18N2O2. The SMILES string of the molecule is Cc1ccc(N)c(NC(=O)C2OCCC2C)c1. The van der Waals surface area contributed by atoms with Gasteiger partial charge in [-0.2, -0.15) is 0 Å². The van der Waals surface area contributed by atoms with Crippen LogP contribution in [0.25, 0.3) is 0 Å². The maximum absolute atomic E-state index is 12.0. The Bertz CT molecular complexity index is 431. The number of hydrogen-bond donors (Lipinski definition) is 2. The number of benzene rings is 1. The van der Waals surface area contributed by atoms with Crippen LogP contribution in [0.15, 0.2) is 18.2 Å². The molecule has 2 rings (SSSR count). The Morgan fingerprint density at radius 1 is 1.53 bits per heavy atom. The molecule has 2 atom stereocenters. The quantitative estimate of drug-likeness (QED) is 0.769. The van der Waals surface area contributed by atoms with Gasteiger partial charge in [-0.25, -0.2) is 0 Å². The third-order valence-corrected chi connectivity index (χ3v) is 3.11. The fourth-order valence-electron chi connectivity index (χ4n) is 2.01. The lowest BCUT2D eigenvalue weighted by Crippen LogP contribution is -2.31. The Hall–Kier alpha value is -1.55. The van der Waals surface area contributed by atoms with Gasteiger partial charge in [0.1, 0.15) is 6.10 Å². The number of nitrogens with one attached hydrogen (secondary N) is 1. The molecule has 1 fully saturated rings. The van der Waals surface area contributed by atoms with E-state index in [-0.39, 0.29) is 17.9 Å². The average Bonchev–Trinajstić information content (AvgIpc) is 2.70. The minimum Gasteiger partial charge on any atom is -0.397 e. The zero-order chi connectivity index (χ0) is 12.4. The molecule has 0 radical (unpaired) electrons. The van der Waals surface area contributed by atoms with E-state index in [1.54, 1.807) is 6.07 Å². The van der Waals surface area contributed by atoms with Gasteiger partial charge in [-0.15, -0.1) is 0 Å². The molecule has 0 aliphatic carbocycles. The average molecular weight is 234 g/mol. The van der Waals surface area contributed by atoms with Crippen LogP contribution in [0.4, 0.5) is 11.4 Å². The largest absolute Gasteiger partial charge is 0.397 e. The molecule has 0 aromatic heterocycles. The Kier molecular flexibility index (Phi) is 3.33. The van der Waals surface area contributed by atoms with Crippen LogP contribution < -0.4 is 11.1 Å². The number of amides is 1. The van der Waals surface area contributed by atoms with Gasteiger partial charge in [0.25, 0.3) is 5.91 Å². The van der Waals surface area contributed by atoms with Crippen LogP contribution >= 0.6 is 0 Å². The van der Waals surface area contributed by atoms with Gasteiger partial charge in [-0.3, -0.25) is 4.79 Å². The second-order valence-corrected chi connectivity index (χ2v) is 4.64. The summed E-state index contributed by atoms with van der Waals surface area (Å²) in [4.78, 5) is 12.0. The van der Waals surface area contributed by atoms with Gasteiger partial charge >= 0.3 is 0 Å². The van der Waals surface area contributed by atoms with Crippen LogP contribution in [0.3, 0.4) is 0 Å². The van der Waals surface area contributed by atoms with E-state index < -0.39 is 0 Å². The Balaban J connectivity index is 2.10. The number of rotatable bonds is 2. The number of carbonyl (C=O) groups excluding carboxylic acids is 1. The number of hydrogen-bond acceptors (Lipinski definition) is 3. The summed E-state index contributed by atoms with van der Waals surface area (Å²) in [6, 6.07) is 5.58. The van der Waals surface area contributed by atoms with Crippen molar-refractivity contribution >= 4 is 17.3 Å².